The number of carbonyl (C=O) groups excluding carboxylic acids is 1. The quantitative estimate of drug-likeness (QED) is 0.349. The van der Waals surface area contributed by atoms with Crippen LogP contribution in [-0.4, -0.2) is 24.3 Å². The topological polar surface area (TPSA) is 77.7 Å². The number of epoxide rings is 1. The maximum atomic E-state index is 12.9. The molecule has 1 heterocycles. The summed E-state index contributed by atoms with van der Waals surface area (Å²) in [6, 6.07) is 26.6. The van der Waals surface area contributed by atoms with E-state index in [9.17, 15) is 4.79 Å². The Morgan fingerprint density at radius 1 is 0.828 bits per heavy atom. The number of ether oxygens (including phenoxy) is 1. The van der Waals surface area contributed by atoms with Crippen molar-refractivity contribution < 1.29 is 9.53 Å². The first-order chi connectivity index (χ1) is 14.2. The van der Waals surface area contributed by atoms with Crippen LogP contribution in [0.25, 0.3) is 0 Å². The van der Waals surface area contributed by atoms with Crippen LogP contribution in [0.15, 0.2) is 84.9 Å². The van der Waals surface area contributed by atoms with Gasteiger partial charge in [-0.05, 0) is 43.3 Å². The van der Waals surface area contributed by atoms with E-state index in [0.29, 0.717) is 0 Å². The van der Waals surface area contributed by atoms with Gasteiger partial charge in [-0.1, -0.05) is 54.1 Å². The lowest BCUT2D eigenvalue weighted by Gasteiger charge is -2.18. The number of hydrogen-bond acceptors (Lipinski definition) is 5. The number of amides is 1. The Hall–Kier alpha value is -3.35. The number of para-hydroxylation sites is 2. The number of rotatable bonds is 8. The molecule has 4 rings (SSSR count). The van der Waals surface area contributed by atoms with Gasteiger partial charge in [0.25, 0.3) is 0 Å². The van der Waals surface area contributed by atoms with Crippen molar-refractivity contribution >= 4 is 23.0 Å². The SMILES string of the molecule is Cc1ccc(NNC(C(=O)Nc2ccccc2)C2OC2Nc2ccccc2)cc1. The van der Waals surface area contributed by atoms with Gasteiger partial charge >= 0.3 is 0 Å². The predicted molar refractivity (Wildman–Crippen MR) is 116 cm³/mol. The fraction of sp³-hybridized carbons (Fsp3) is 0.174. The van der Waals surface area contributed by atoms with Crippen LogP contribution in [-0.2, 0) is 9.53 Å². The van der Waals surface area contributed by atoms with Gasteiger partial charge in [0.2, 0.25) is 5.91 Å². The normalized spacial score (nSPS) is 18.5. The highest BCUT2D eigenvalue weighted by Crippen LogP contribution is 2.28. The van der Waals surface area contributed by atoms with Crippen LogP contribution in [0.4, 0.5) is 17.1 Å². The first kappa shape index (κ1) is 19.0. The Bertz CT molecular complexity index is 932. The van der Waals surface area contributed by atoms with Crippen molar-refractivity contribution in [2.75, 3.05) is 16.1 Å². The van der Waals surface area contributed by atoms with E-state index in [1.807, 2.05) is 91.9 Å². The van der Waals surface area contributed by atoms with Gasteiger partial charge in [0.15, 0.2) is 6.23 Å². The average Bonchev–Trinajstić information content (AvgIpc) is 3.49. The second kappa shape index (κ2) is 8.77. The van der Waals surface area contributed by atoms with Gasteiger partial charge in [0.05, 0.1) is 0 Å². The zero-order valence-electron chi connectivity index (χ0n) is 16.1. The lowest BCUT2D eigenvalue weighted by atomic mass is 10.1. The van der Waals surface area contributed by atoms with Crippen LogP contribution < -0.4 is 21.5 Å². The second-order valence-corrected chi connectivity index (χ2v) is 7.00. The highest BCUT2D eigenvalue weighted by Gasteiger charge is 2.48. The third-order valence-electron chi connectivity index (χ3n) is 4.68. The van der Waals surface area contributed by atoms with E-state index in [1.54, 1.807) is 0 Å². The molecule has 1 aliphatic heterocycles. The zero-order valence-corrected chi connectivity index (χ0v) is 16.1. The van der Waals surface area contributed by atoms with Crippen LogP contribution in [0, 0.1) is 6.92 Å². The lowest BCUT2D eigenvalue weighted by Crippen LogP contribution is -2.48. The van der Waals surface area contributed by atoms with Crippen LogP contribution in [0.5, 0.6) is 0 Å². The van der Waals surface area contributed by atoms with Crippen molar-refractivity contribution in [1.82, 2.24) is 5.43 Å². The molecule has 3 aromatic rings. The zero-order chi connectivity index (χ0) is 20.1. The molecular formula is C23H24N4O2. The number of aryl methyl sites for hydroxylation is 1. The molecule has 1 amide bonds. The van der Waals surface area contributed by atoms with Gasteiger partial charge in [0, 0.05) is 17.1 Å². The third-order valence-corrected chi connectivity index (χ3v) is 4.68. The monoisotopic (exact) mass is 388 g/mol. The van der Waals surface area contributed by atoms with E-state index in [1.165, 1.54) is 5.56 Å². The van der Waals surface area contributed by atoms with Crippen LogP contribution in [0.3, 0.4) is 0 Å². The molecule has 0 aliphatic carbocycles. The molecule has 6 nitrogen and oxygen atoms in total. The van der Waals surface area contributed by atoms with Gasteiger partial charge in [0.1, 0.15) is 12.1 Å². The van der Waals surface area contributed by atoms with E-state index in [2.05, 4.69) is 21.5 Å². The van der Waals surface area contributed by atoms with E-state index in [-0.39, 0.29) is 18.2 Å². The van der Waals surface area contributed by atoms with Crippen molar-refractivity contribution in [1.29, 1.82) is 0 Å². The number of benzene rings is 3. The maximum Gasteiger partial charge on any atom is 0.246 e. The minimum absolute atomic E-state index is 0.168. The Morgan fingerprint density at radius 3 is 2.10 bits per heavy atom. The summed E-state index contributed by atoms with van der Waals surface area (Å²) in [5.74, 6) is -0.168. The van der Waals surface area contributed by atoms with Gasteiger partial charge in [-0.2, -0.15) is 0 Å². The van der Waals surface area contributed by atoms with Gasteiger partial charge in [-0.3, -0.25) is 4.79 Å². The van der Waals surface area contributed by atoms with Crippen LogP contribution in [0.1, 0.15) is 5.56 Å². The first-order valence-corrected chi connectivity index (χ1v) is 9.60. The summed E-state index contributed by atoms with van der Waals surface area (Å²) in [6.45, 7) is 2.03. The second-order valence-electron chi connectivity index (χ2n) is 7.00. The highest BCUT2D eigenvalue weighted by atomic mass is 16.6. The summed E-state index contributed by atoms with van der Waals surface area (Å²) in [6.07, 6.45) is -0.548. The number of hydrazine groups is 1. The van der Waals surface area contributed by atoms with Crippen molar-refractivity contribution in [2.24, 2.45) is 0 Å². The Labute approximate surface area is 170 Å². The Kier molecular flexibility index (Phi) is 5.74. The molecule has 0 spiro atoms. The van der Waals surface area contributed by atoms with Crippen molar-refractivity contribution in [3.8, 4) is 0 Å². The summed E-state index contributed by atoms with van der Waals surface area (Å²) in [5.41, 5.74) is 10.00. The summed E-state index contributed by atoms with van der Waals surface area (Å²) in [5, 5.41) is 6.24. The summed E-state index contributed by atoms with van der Waals surface area (Å²) >= 11 is 0. The molecule has 1 aliphatic rings. The molecular weight excluding hydrogens is 364 g/mol. The van der Waals surface area contributed by atoms with Gasteiger partial charge in [-0.15, -0.1) is 0 Å². The molecule has 0 aromatic heterocycles. The minimum atomic E-state index is -0.585. The average molecular weight is 388 g/mol. The van der Waals surface area contributed by atoms with Crippen molar-refractivity contribution in [3.05, 3.63) is 90.5 Å². The van der Waals surface area contributed by atoms with E-state index < -0.39 is 6.04 Å². The Balaban J connectivity index is 1.43. The fourth-order valence-electron chi connectivity index (χ4n) is 3.03. The van der Waals surface area contributed by atoms with Crippen molar-refractivity contribution in [3.63, 3.8) is 0 Å². The predicted octanol–water partition coefficient (Wildman–Crippen LogP) is 3.76. The molecule has 148 valence electrons. The maximum absolute atomic E-state index is 12.9. The van der Waals surface area contributed by atoms with E-state index in [4.69, 9.17) is 4.74 Å². The number of anilines is 3. The van der Waals surface area contributed by atoms with Crippen molar-refractivity contribution in [2.45, 2.75) is 25.3 Å². The first-order valence-electron chi connectivity index (χ1n) is 9.60. The summed E-state index contributed by atoms with van der Waals surface area (Å²) in [7, 11) is 0. The molecule has 4 N–H and O–H groups in total. The molecule has 3 unspecified atom stereocenters. The van der Waals surface area contributed by atoms with Gasteiger partial charge < -0.3 is 20.8 Å². The molecule has 0 saturated carbocycles. The van der Waals surface area contributed by atoms with E-state index in [0.717, 1.165) is 17.1 Å². The number of carbonyl (C=O) groups is 1. The Morgan fingerprint density at radius 2 is 1.45 bits per heavy atom. The molecule has 3 aromatic carbocycles. The summed E-state index contributed by atoms with van der Waals surface area (Å²) < 4.78 is 5.78. The minimum Gasteiger partial charge on any atom is -0.358 e. The smallest absolute Gasteiger partial charge is 0.246 e. The highest BCUT2D eigenvalue weighted by molar-refractivity contribution is 5.95. The molecule has 0 radical (unpaired) electrons. The lowest BCUT2D eigenvalue weighted by molar-refractivity contribution is -0.118. The molecule has 29 heavy (non-hydrogen) atoms. The molecule has 3 atom stereocenters. The molecule has 6 heteroatoms. The molecule has 0 bridgehead atoms. The number of nitrogens with one attached hydrogen (secondary N) is 4. The standard InChI is InChI=1S/C23H24N4O2/c1-16-12-14-19(15-13-16)26-27-20(22(28)24-17-8-4-2-5-9-17)21-23(29-21)25-18-10-6-3-7-11-18/h2-15,20-21,23,25-27H,1H3,(H,24,28). The largest absolute Gasteiger partial charge is 0.358 e. The molecule has 1 saturated heterocycles. The van der Waals surface area contributed by atoms with E-state index >= 15 is 0 Å². The third kappa shape index (κ3) is 5.13. The number of hydrogen-bond donors (Lipinski definition) is 4. The van der Waals surface area contributed by atoms with Gasteiger partial charge in [-0.25, -0.2) is 5.43 Å². The van der Waals surface area contributed by atoms with Crippen LogP contribution >= 0.6 is 0 Å². The molecule has 1 fully saturated rings. The van der Waals surface area contributed by atoms with Crippen LogP contribution in [0.2, 0.25) is 0 Å². The fourth-order valence-corrected chi connectivity index (χ4v) is 3.03. The summed E-state index contributed by atoms with van der Waals surface area (Å²) in [4.78, 5) is 12.9.